The van der Waals surface area contributed by atoms with E-state index in [1.165, 1.54) is 6.33 Å². The number of methoxy groups -OCH3 is 1. The summed E-state index contributed by atoms with van der Waals surface area (Å²) in [5.74, 6) is 0.529. The molecular formula is C15H19BrN6O2. The van der Waals surface area contributed by atoms with Crippen LogP contribution >= 0.6 is 15.9 Å². The average Bonchev–Trinajstić information content (AvgIpc) is 2.59. The zero-order valence-corrected chi connectivity index (χ0v) is 14.8. The minimum atomic E-state index is -0.296. The molecule has 2 rings (SSSR count). The fourth-order valence-corrected chi connectivity index (χ4v) is 2.11. The van der Waals surface area contributed by atoms with Crippen LogP contribution in [0.25, 0.3) is 0 Å². The number of amides is 1. The Hall–Kier alpha value is -2.39. The van der Waals surface area contributed by atoms with Gasteiger partial charge in [-0.15, -0.1) is 0 Å². The molecule has 0 unspecified atom stereocenters. The van der Waals surface area contributed by atoms with Crippen LogP contribution < -0.4 is 21.9 Å². The number of halogens is 1. The Balaban J connectivity index is 1.94. The van der Waals surface area contributed by atoms with Gasteiger partial charge in [0.1, 0.15) is 12.0 Å². The van der Waals surface area contributed by atoms with Gasteiger partial charge in [0.15, 0.2) is 11.6 Å². The van der Waals surface area contributed by atoms with Gasteiger partial charge in [-0.1, -0.05) is 15.9 Å². The molecule has 128 valence electrons. The van der Waals surface area contributed by atoms with Crippen molar-refractivity contribution in [3.63, 3.8) is 0 Å². The molecule has 0 aliphatic carbocycles. The summed E-state index contributed by atoms with van der Waals surface area (Å²) in [4.78, 5) is 20.2. The van der Waals surface area contributed by atoms with Crippen molar-refractivity contribution in [2.45, 2.75) is 6.42 Å². The van der Waals surface area contributed by atoms with Gasteiger partial charge < -0.3 is 15.8 Å². The van der Waals surface area contributed by atoms with Crippen molar-refractivity contribution < 1.29 is 9.53 Å². The zero-order valence-electron chi connectivity index (χ0n) is 13.2. The molecule has 9 heteroatoms. The normalized spacial score (nSPS) is 10.2. The van der Waals surface area contributed by atoms with Crippen molar-refractivity contribution in [2.75, 3.05) is 36.7 Å². The number of nitrogens with one attached hydrogen (secondary N) is 3. The molecule has 0 aliphatic heterocycles. The maximum atomic E-state index is 12.1. The molecule has 1 aromatic carbocycles. The second-order valence-corrected chi connectivity index (χ2v) is 5.76. The molecule has 1 heterocycles. The lowest BCUT2D eigenvalue weighted by molar-refractivity contribution is 0.0962. The number of nitrogen functional groups attached to an aromatic ring is 1. The Morgan fingerprint density at radius 1 is 1.25 bits per heavy atom. The largest absolute Gasteiger partial charge is 0.393 e. The van der Waals surface area contributed by atoms with E-state index in [1.807, 2.05) is 0 Å². The third kappa shape index (κ3) is 5.07. The molecule has 0 fully saturated rings. The SMILES string of the molecule is COCCCNc1ncnc(NNC(=O)c2ccc(Br)cc2)c1N. The highest BCUT2D eigenvalue weighted by Gasteiger charge is 2.10. The molecule has 0 radical (unpaired) electrons. The Bertz CT molecular complexity index is 680. The second kappa shape index (κ2) is 9.04. The van der Waals surface area contributed by atoms with Crippen LogP contribution in [0, 0.1) is 0 Å². The van der Waals surface area contributed by atoms with E-state index in [1.54, 1.807) is 31.4 Å². The first-order chi connectivity index (χ1) is 11.6. The van der Waals surface area contributed by atoms with E-state index >= 15 is 0 Å². The van der Waals surface area contributed by atoms with Crippen LogP contribution in [0.15, 0.2) is 35.1 Å². The Kier molecular flexibility index (Phi) is 6.76. The number of hydrogen-bond donors (Lipinski definition) is 4. The molecule has 1 amide bonds. The standard InChI is InChI=1S/C15H19BrN6O2/c1-24-8-2-7-18-13-12(17)14(20-9-19-13)21-22-15(23)10-3-5-11(16)6-4-10/h3-6,9H,2,7-8,17H2,1H3,(H,22,23)(H2,18,19,20,21). The van der Waals surface area contributed by atoms with Gasteiger partial charge >= 0.3 is 0 Å². The predicted molar refractivity (Wildman–Crippen MR) is 96.7 cm³/mol. The number of nitrogens with two attached hydrogens (primary N) is 1. The predicted octanol–water partition coefficient (Wildman–Crippen LogP) is 2.03. The molecule has 1 aromatic heterocycles. The van der Waals surface area contributed by atoms with Gasteiger partial charge in [0.2, 0.25) is 0 Å². The van der Waals surface area contributed by atoms with Crippen molar-refractivity contribution in [1.29, 1.82) is 0 Å². The lowest BCUT2D eigenvalue weighted by Crippen LogP contribution is -2.30. The summed E-state index contributed by atoms with van der Waals surface area (Å²) in [5.41, 5.74) is 12.1. The second-order valence-electron chi connectivity index (χ2n) is 4.84. The average molecular weight is 395 g/mol. The Labute approximate surface area is 148 Å². The highest BCUT2D eigenvalue weighted by molar-refractivity contribution is 9.10. The van der Waals surface area contributed by atoms with Gasteiger partial charge in [-0.05, 0) is 30.7 Å². The molecule has 24 heavy (non-hydrogen) atoms. The van der Waals surface area contributed by atoms with Crippen molar-refractivity contribution >= 4 is 39.2 Å². The summed E-state index contributed by atoms with van der Waals surface area (Å²) >= 11 is 3.32. The third-order valence-corrected chi connectivity index (χ3v) is 3.63. The lowest BCUT2D eigenvalue weighted by atomic mass is 10.2. The van der Waals surface area contributed by atoms with Crippen LogP contribution in [0.5, 0.6) is 0 Å². The quantitative estimate of drug-likeness (QED) is 0.399. The molecule has 0 atom stereocenters. The monoisotopic (exact) mass is 394 g/mol. The van der Waals surface area contributed by atoms with Crippen molar-refractivity contribution in [3.05, 3.63) is 40.6 Å². The fraction of sp³-hybridized carbons (Fsp3) is 0.267. The molecule has 0 spiro atoms. The molecule has 0 saturated heterocycles. The van der Waals surface area contributed by atoms with Crippen LogP contribution in [-0.4, -0.2) is 36.1 Å². The number of benzene rings is 1. The van der Waals surface area contributed by atoms with E-state index in [2.05, 4.69) is 42.1 Å². The van der Waals surface area contributed by atoms with E-state index in [-0.39, 0.29) is 5.91 Å². The first-order valence-corrected chi connectivity index (χ1v) is 8.06. The van der Waals surface area contributed by atoms with Crippen LogP contribution in [0.3, 0.4) is 0 Å². The number of ether oxygens (including phenoxy) is 1. The molecule has 8 nitrogen and oxygen atoms in total. The molecule has 0 saturated carbocycles. The number of hydrazine groups is 1. The molecule has 2 aromatic rings. The fourth-order valence-electron chi connectivity index (χ4n) is 1.85. The molecule has 0 aliphatic rings. The first kappa shape index (κ1) is 18.0. The summed E-state index contributed by atoms with van der Waals surface area (Å²) in [6, 6.07) is 6.98. The van der Waals surface area contributed by atoms with Crippen LogP contribution in [-0.2, 0) is 4.74 Å². The number of rotatable bonds is 8. The Morgan fingerprint density at radius 2 is 1.96 bits per heavy atom. The number of carbonyl (C=O) groups is 1. The minimum Gasteiger partial charge on any atom is -0.393 e. The van der Waals surface area contributed by atoms with Crippen LogP contribution in [0.2, 0.25) is 0 Å². The van der Waals surface area contributed by atoms with Gasteiger partial charge in [0.25, 0.3) is 5.91 Å². The smallest absolute Gasteiger partial charge is 0.269 e. The lowest BCUT2D eigenvalue weighted by Gasteiger charge is -2.13. The summed E-state index contributed by atoms with van der Waals surface area (Å²) in [7, 11) is 1.65. The number of hydrogen-bond acceptors (Lipinski definition) is 7. The van der Waals surface area contributed by atoms with E-state index < -0.39 is 0 Å². The first-order valence-electron chi connectivity index (χ1n) is 7.27. The van der Waals surface area contributed by atoms with Gasteiger partial charge in [-0.25, -0.2) is 9.97 Å². The Morgan fingerprint density at radius 3 is 2.67 bits per heavy atom. The van der Waals surface area contributed by atoms with Gasteiger partial charge in [0, 0.05) is 30.3 Å². The molecular weight excluding hydrogens is 376 g/mol. The van der Waals surface area contributed by atoms with E-state index in [9.17, 15) is 4.79 Å². The number of aromatic nitrogens is 2. The maximum absolute atomic E-state index is 12.1. The highest BCUT2D eigenvalue weighted by Crippen LogP contribution is 2.21. The van der Waals surface area contributed by atoms with Crippen LogP contribution in [0.1, 0.15) is 16.8 Å². The summed E-state index contributed by atoms with van der Waals surface area (Å²) in [5, 5.41) is 3.10. The van der Waals surface area contributed by atoms with Gasteiger partial charge in [0.05, 0.1) is 0 Å². The number of carbonyl (C=O) groups excluding carboxylic acids is 1. The topological polar surface area (TPSA) is 114 Å². The number of anilines is 3. The number of nitrogens with zero attached hydrogens (tertiary/aromatic N) is 2. The summed E-state index contributed by atoms with van der Waals surface area (Å²) < 4.78 is 5.88. The summed E-state index contributed by atoms with van der Waals surface area (Å²) in [6.07, 6.45) is 2.19. The van der Waals surface area contributed by atoms with E-state index in [4.69, 9.17) is 10.5 Å². The van der Waals surface area contributed by atoms with E-state index in [0.29, 0.717) is 36.0 Å². The van der Waals surface area contributed by atoms with Crippen LogP contribution in [0.4, 0.5) is 17.3 Å². The van der Waals surface area contributed by atoms with Crippen molar-refractivity contribution in [2.24, 2.45) is 0 Å². The maximum Gasteiger partial charge on any atom is 0.269 e. The van der Waals surface area contributed by atoms with Crippen molar-refractivity contribution in [1.82, 2.24) is 15.4 Å². The highest BCUT2D eigenvalue weighted by atomic mass is 79.9. The van der Waals surface area contributed by atoms with Crippen molar-refractivity contribution in [3.8, 4) is 0 Å². The summed E-state index contributed by atoms with van der Waals surface area (Å²) in [6.45, 7) is 1.31. The minimum absolute atomic E-state index is 0.296. The van der Waals surface area contributed by atoms with E-state index in [0.717, 1.165) is 10.9 Å². The molecule has 0 bridgehead atoms. The van der Waals surface area contributed by atoms with Gasteiger partial charge in [-0.2, -0.15) is 0 Å². The zero-order chi connectivity index (χ0) is 17.4. The third-order valence-electron chi connectivity index (χ3n) is 3.10. The van der Waals surface area contributed by atoms with Gasteiger partial charge in [-0.3, -0.25) is 15.6 Å². The molecule has 5 N–H and O–H groups in total.